The van der Waals surface area contributed by atoms with Crippen LogP contribution in [0.15, 0.2) is 30.3 Å². The number of hydrogen-bond donors (Lipinski definition) is 1. The van der Waals surface area contributed by atoms with Crippen molar-refractivity contribution >= 4 is 42.1 Å². The van der Waals surface area contributed by atoms with Crippen molar-refractivity contribution in [2.75, 3.05) is 12.3 Å². The molecule has 18 heavy (non-hydrogen) atoms. The molecule has 0 aliphatic rings. The van der Waals surface area contributed by atoms with Crippen molar-refractivity contribution in [2.45, 2.75) is 27.7 Å². The molecular formula is C13H26Br2LiOP. The molecule has 1 nitrogen and oxygen atoms in total. The van der Waals surface area contributed by atoms with E-state index < -0.39 is 8.15 Å². The van der Waals surface area contributed by atoms with E-state index in [1.54, 1.807) is 0 Å². The molecule has 0 atom stereocenters. The van der Waals surface area contributed by atoms with E-state index in [0.717, 1.165) is 12.3 Å². The zero-order valence-electron chi connectivity index (χ0n) is 12.2. The molecule has 104 valence electrons. The van der Waals surface area contributed by atoms with E-state index in [9.17, 15) is 4.89 Å². The molecule has 5 heteroatoms. The molecule has 0 aromatic heterocycles. The first-order chi connectivity index (χ1) is 7.02. The van der Waals surface area contributed by atoms with Gasteiger partial charge in [0.15, 0.2) is 0 Å². The van der Waals surface area contributed by atoms with Gasteiger partial charge in [0.05, 0.1) is 0 Å². The minimum Gasteiger partial charge on any atom is -0.374 e. The molecule has 0 spiro atoms. The van der Waals surface area contributed by atoms with Crippen LogP contribution in [0.1, 0.15) is 27.7 Å². The monoisotopic (exact) mass is 394 g/mol. The van der Waals surface area contributed by atoms with Crippen LogP contribution in [-0.2, 0) is 0 Å². The van der Waals surface area contributed by atoms with Crippen molar-refractivity contribution in [3.63, 3.8) is 0 Å². The maximum Gasteiger partial charge on any atom is 1.00 e. The second-order valence-corrected chi connectivity index (χ2v) is 6.36. The van der Waals surface area contributed by atoms with Crippen molar-refractivity contribution in [3.05, 3.63) is 30.3 Å². The first-order valence-electron chi connectivity index (χ1n) is 5.63. The SMILES string of the molecule is Br.Br.CC(C)CP(O)CC(C)C.[Li+].c1cc[cH-]c1. The summed E-state index contributed by atoms with van der Waals surface area (Å²) in [4.78, 5) is 9.45. The topological polar surface area (TPSA) is 20.2 Å². The van der Waals surface area contributed by atoms with Crippen LogP contribution >= 0.6 is 42.1 Å². The van der Waals surface area contributed by atoms with Crippen LogP contribution in [0, 0.1) is 11.8 Å². The molecular weight excluding hydrogens is 370 g/mol. The standard InChI is InChI=1S/C8H19OP.C5H5.2BrH.Li/c1-7(2)5-10(9)6-8(3)4;1-2-4-5-3-1;;;/h7-9H,5-6H2,1-4H3;1-5H;2*1H;/q;-1;;;+1. The fraction of sp³-hybridized carbons (Fsp3) is 0.615. The van der Waals surface area contributed by atoms with Gasteiger partial charge in [0.2, 0.25) is 0 Å². The fourth-order valence-electron chi connectivity index (χ4n) is 1.24. The predicted octanol–water partition coefficient (Wildman–Crippen LogP) is 2.25. The predicted molar refractivity (Wildman–Crippen MR) is 91.2 cm³/mol. The Morgan fingerprint density at radius 3 is 1.44 bits per heavy atom. The molecule has 0 saturated heterocycles. The van der Waals surface area contributed by atoms with Crippen LogP contribution in [0.25, 0.3) is 0 Å². The van der Waals surface area contributed by atoms with Crippen molar-refractivity contribution in [1.82, 2.24) is 0 Å². The van der Waals surface area contributed by atoms with Gasteiger partial charge in [-0.2, -0.15) is 18.2 Å². The van der Waals surface area contributed by atoms with E-state index >= 15 is 0 Å². The molecule has 1 N–H and O–H groups in total. The molecule has 0 unspecified atom stereocenters. The van der Waals surface area contributed by atoms with E-state index in [4.69, 9.17) is 0 Å². The molecule has 0 fully saturated rings. The molecule has 0 aliphatic heterocycles. The van der Waals surface area contributed by atoms with Gasteiger partial charge in [0, 0.05) is 8.15 Å². The molecule has 0 saturated carbocycles. The summed E-state index contributed by atoms with van der Waals surface area (Å²) in [7, 11) is -0.659. The normalized spacial score (nSPS) is 8.89. The van der Waals surface area contributed by atoms with Gasteiger partial charge < -0.3 is 4.89 Å². The Bertz CT molecular complexity index is 192. The van der Waals surface area contributed by atoms with Gasteiger partial charge >= 0.3 is 18.9 Å². The summed E-state index contributed by atoms with van der Waals surface area (Å²) in [6.07, 6.45) is 2.01. The van der Waals surface area contributed by atoms with E-state index in [0.29, 0.717) is 11.8 Å². The van der Waals surface area contributed by atoms with Gasteiger partial charge in [-0.1, -0.05) is 27.7 Å². The van der Waals surface area contributed by atoms with E-state index in [2.05, 4.69) is 27.7 Å². The Kier molecular flexibility index (Phi) is 28.1. The van der Waals surface area contributed by atoms with Gasteiger partial charge in [-0.15, -0.1) is 34.0 Å². The zero-order valence-corrected chi connectivity index (χ0v) is 16.5. The van der Waals surface area contributed by atoms with Crippen LogP contribution in [0.5, 0.6) is 0 Å². The Hall–Kier alpha value is 1.30. The van der Waals surface area contributed by atoms with Gasteiger partial charge in [-0.3, -0.25) is 0 Å². The third kappa shape index (κ3) is 22.5. The third-order valence-corrected chi connectivity index (χ3v) is 4.01. The minimum absolute atomic E-state index is 0. The maximum atomic E-state index is 9.45. The van der Waals surface area contributed by atoms with Gasteiger partial charge in [0.25, 0.3) is 0 Å². The summed E-state index contributed by atoms with van der Waals surface area (Å²) < 4.78 is 0. The van der Waals surface area contributed by atoms with E-state index in [-0.39, 0.29) is 52.8 Å². The smallest absolute Gasteiger partial charge is 0.374 e. The van der Waals surface area contributed by atoms with E-state index in [1.807, 2.05) is 30.3 Å². The summed E-state index contributed by atoms with van der Waals surface area (Å²) in [5.41, 5.74) is 0. The Morgan fingerprint density at radius 1 is 0.944 bits per heavy atom. The molecule has 1 aromatic rings. The van der Waals surface area contributed by atoms with Gasteiger partial charge in [-0.25, -0.2) is 12.1 Å². The Morgan fingerprint density at radius 2 is 1.28 bits per heavy atom. The van der Waals surface area contributed by atoms with Gasteiger partial charge in [0.1, 0.15) is 0 Å². The first kappa shape index (κ1) is 27.6. The largest absolute Gasteiger partial charge is 1.00 e. The molecule has 1 aromatic carbocycles. The van der Waals surface area contributed by atoms with Crippen LogP contribution < -0.4 is 18.9 Å². The molecule has 0 amide bonds. The Balaban J connectivity index is -0.000000106. The zero-order chi connectivity index (χ0) is 11.7. The average molecular weight is 396 g/mol. The molecule has 0 bridgehead atoms. The molecule has 0 aliphatic carbocycles. The number of rotatable bonds is 4. The summed E-state index contributed by atoms with van der Waals surface area (Å²) in [6.45, 7) is 8.63. The summed E-state index contributed by atoms with van der Waals surface area (Å²) in [5.74, 6) is 1.30. The third-order valence-electron chi connectivity index (χ3n) is 1.71. The van der Waals surface area contributed by atoms with Crippen molar-refractivity contribution < 1.29 is 23.8 Å². The van der Waals surface area contributed by atoms with Crippen molar-refractivity contribution in [1.29, 1.82) is 0 Å². The quantitative estimate of drug-likeness (QED) is 0.471. The van der Waals surface area contributed by atoms with Crippen LogP contribution in [-0.4, -0.2) is 17.2 Å². The summed E-state index contributed by atoms with van der Waals surface area (Å²) in [5, 5.41) is 0. The first-order valence-corrected chi connectivity index (χ1v) is 7.29. The maximum absolute atomic E-state index is 9.45. The number of halogens is 2. The van der Waals surface area contributed by atoms with E-state index in [1.165, 1.54) is 0 Å². The second kappa shape index (κ2) is 18.3. The Labute approximate surface area is 147 Å². The molecule has 0 radical (unpaired) electrons. The van der Waals surface area contributed by atoms with Crippen molar-refractivity contribution in [2.24, 2.45) is 11.8 Å². The summed E-state index contributed by atoms with van der Waals surface area (Å²) >= 11 is 0. The van der Waals surface area contributed by atoms with Crippen LogP contribution in [0.4, 0.5) is 0 Å². The van der Waals surface area contributed by atoms with Gasteiger partial charge in [-0.05, 0) is 24.2 Å². The van der Waals surface area contributed by atoms with Crippen LogP contribution in [0.2, 0.25) is 0 Å². The van der Waals surface area contributed by atoms with Crippen molar-refractivity contribution in [3.8, 4) is 0 Å². The average Bonchev–Trinajstić information content (AvgIpc) is 2.55. The minimum atomic E-state index is -0.659. The molecule has 1 rings (SSSR count). The number of hydrogen-bond acceptors (Lipinski definition) is 1. The second-order valence-electron chi connectivity index (χ2n) is 4.62. The fourth-order valence-corrected chi connectivity index (χ4v) is 3.07. The summed E-state index contributed by atoms with van der Waals surface area (Å²) in [6, 6.07) is 10.0. The van der Waals surface area contributed by atoms with Crippen LogP contribution in [0.3, 0.4) is 0 Å². The molecule has 0 heterocycles.